The Labute approximate surface area is 393 Å². The Bertz CT molecular complexity index is 422. The summed E-state index contributed by atoms with van der Waals surface area (Å²) in [6.45, 7) is -0.819. The van der Waals surface area contributed by atoms with E-state index in [2.05, 4.69) is 29.6 Å². The van der Waals surface area contributed by atoms with Crippen molar-refractivity contribution < 1.29 is 145 Å². The molecule has 0 aromatic rings. The first-order chi connectivity index (χ1) is 26.9. The molecule has 0 saturated carbocycles. The maximum absolute atomic E-state index is 11.4. The third-order valence-corrected chi connectivity index (χ3v) is 1.61. The first-order valence-corrected chi connectivity index (χ1v) is 14.1. The summed E-state index contributed by atoms with van der Waals surface area (Å²) in [4.78, 5) is 17.4. The Morgan fingerprint density at radius 1 is 0.294 bits per heavy atom. The summed E-state index contributed by atoms with van der Waals surface area (Å²) >= 11 is 0. The molecule has 0 heterocycles. The quantitative estimate of drug-likeness (QED) is 0.262. The third-order valence-electron chi connectivity index (χ3n) is 1.61. The molecular weight excluding hydrogens is 1020 g/mol. The zero-order valence-electron chi connectivity index (χ0n) is 34.1. The molecule has 0 unspecified atom stereocenters. The van der Waals surface area contributed by atoms with Gasteiger partial charge in [-0.25, -0.2) is 48.3 Å². The smallest absolute Gasteiger partial charge is 0.251 e. The molecule has 0 aromatic heterocycles. The summed E-state index contributed by atoms with van der Waals surface area (Å²) in [6.07, 6.45) is -9.31. The van der Waals surface area contributed by atoms with Crippen molar-refractivity contribution in [2.45, 2.75) is 152 Å². The molecular formula is C36H94F26O6. The maximum atomic E-state index is 11.4. The second-order valence-electron chi connectivity index (χ2n) is 7.48. The topological polar surface area (TPSA) is 55.4 Å². The van der Waals surface area contributed by atoms with Gasteiger partial charge in [0.25, 0.3) is 0 Å². The minimum atomic E-state index is -4.62. The van der Waals surface area contributed by atoms with E-state index in [1.165, 1.54) is 48.5 Å². The van der Waals surface area contributed by atoms with Gasteiger partial charge in [0, 0.05) is 6.42 Å². The van der Waals surface area contributed by atoms with Crippen LogP contribution in [0.4, 0.5) is 115 Å². The lowest BCUT2D eigenvalue weighted by Gasteiger charge is -2.11. The van der Waals surface area contributed by atoms with Gasteiger partial charge in [0.2, 0.25) is 27.7 Å². The molecule has 0 N–H and O–H groups in total. The minimum absolute atomic E-state index is 0. The van der Waals surface area contributed by atoms with Crippen LogP contribution in [0.25, 0.3) is 0 Å². The predicted molar refractivity (Wildman–Crippen MR) is 229 cm³/mol. The van der Waals surface area contributed by atoms with Crippen LogP contribution in [0.5, 0.6) is 0 Å². The number of rotatable bonds is 4. The van der Waals surface area contributed by atoms with Crippen LogP contribution in [0.3, 0.4) is 0 Å². The predicted octanol–water partition coefficient (Wildman–Crippen LogP) is 21.0. The van der Waals surface area contributed by atoms with Crippen molar-refractivity contribution >= 4 is 0 Å². The lowest BCUT2D eigenvalue weighted by Crippen LogP contribution is -2.22. The molecule has 0 aliphatic carbocycles. The van der Waals surface area contributed by atoms with Crippen LogP contribution in [0.2, 0.25) is 0 Å². The Kier molecular flexibility index (Phi) is 407. The average Bonchev–Trinajstić information content (AvgIpc) is 3.12. The van der Waals surface area contributed by atoms with E-state index in [9.17, 15) is 115 Å². The van der Waals surface area contributed by atoms with Crippen LogP contribution in [0.1, 0.15) is 129 Å². The Morgan fingerprint density at radius 3 is 0.368 bits per heavy atom. The van der Waals surface area contributed by atoms with E-state index < -0.39 is 77.7 Å². The maximum Gasteiger partial charge on any atom is 0.416 e. The van der Waals surface area contributed by atoms with E-state index in [-0.39, 0.29) is 86.9 Å². The standard InChI is InChI=1S/2C4H8F2O.C3H5F3.C2H2F4.3C2H5F.4CH2F2.4CH3FO.9CH4/c2*1-4(2,3-5)7-6;1-2-3(4,5)6;3-1-2(4,5)6;3*1-2-3;4*2-1-3;4*1-3-2;;;;;;;;;/h2*3H2,1-2H3;2H2,1H3;1H2;3*2H2,1H3;4*1H2;4*1H3;9*1H4. The molecule has 32 heteroatoms. The van der Waals surface area contributed by atoms with Crippen LogP contribution in [0.15, 0.2) is 0 Å². The minimum Gasteiger partial charge on any atom is -0.251 e. The molecule has 0 bridgehead atoms. The molecule has 0 rings (SSSR count). The van der Waals surface area contributed by atoms with E-state index in [4.69, 9.17) is 0 Å². The van der Waals surface area contributed by atoms with Gasteiger partial charge in [0.15, 0.2) is 6.67 Å². The van der Waals surface area contributed by atoms with Crippen molar-refractivity contribution in [3.05, 3.63) is 0 Å². The fourth-order valence-corrected chi connectivity index (χ4v) is 0.0412. The molecule has 456 valence electrons. The number of hydrogen-bond acceptors (Lipinski definition) is 6. The van der Waals surface area contributed by atoms with Crippen LogP contribution in [-0.4, -0.2) is 120 Å². The zero-order valence-corrected chi connectivity index (χ0v) is 34.1. The molecule has 0 aromatic carbocycles. The molecule has 0 radical (unpaired) electrons. The van der Waals surface area contributed by atoms with E-state index in [0.29, 0.717) is 0 Å². The molecule has 0 amide bonds. The van der Waals surface area contributed by atoms with Gasteiger partial charge in [0.1, 0.15) is 24.6 Å². The van der Waals surface area contributed by atoms with Crippen LogP contribution in [0, 0.1) is 0 Å². The molecule has 0 spiro atoms. The van der Waals surface area contributed by atoms with E-state index in [1.807, 2.05) is 0 Å². The Morgan fingerprint density at radius 2 is 0.368 bits per heavy atom. The van der Waals surface area contributed by atoms with Crippen molar-refractivity contribution in [1.82, 2.24) is 0 Å². The van der Waals surface area contributed by atoms with Crippen molar-refractivity contribution in [3.8, 4) is 0 Å². The van der Waals surface area contributed by atoms with Gasteiger partial charge in [0.05, 0.1) is 48.5 Å². The zero-order chi connectivity index (χ0) is 52.0. The highest BCUT2D eigenvalue weighted by Crippen LogP contribution is 2.17. The Balaban J connectivity index is -0.0000000139. The molecule has 68 heavy (non-hydrogen) atoms. The highest BCUT2D eigenvalue weighted by atomic mass is 19.4. The lowest BCUT2D eigenvalue weighted by atomic mass is 10.2. The van der Waals surface area contributed by atoms with Crippen molar-refractivity contribution in [3.63, 3.8) is 0 Å². The van der Waals surface area contributed by atoms with Gasteiger partial charge in [-0.05, 0) is 75.6 Å². The van der Waals surface area contributed by atoms with Gasteiger partial charge in [-0.2, -0.15) is 56.0 Å². The largest absolute Gasteiger partial charge is 0.416 e. The summed E-state index contributed by atoms with van der Waals surface area (Å²) in [7, 11) is 3.83. The second-order valence-corrected chi connectivity index (χ2v) is 7.48. The molecule has 0 fully saturated rings. The van der Waals surface area contributed by atoms with E-state index >= 15 is 0 Å². The summed E-state index contributed by atoms with van der Waals surface area (Å²) in [5, 5.41) is 0. The summed E-state index contributed by atoms with van der Waals surface area (Å²) in [6, 6.07) is 0. The lowest BCUT2D eigenvalue weighted by molar-refractivity contribution is -0.226. The Hall–Kier alpha value is -2.06. The SMILES string of the molecule is C.C.C.C.C.C.C.C.C.CC(C)(CF)OF.CC(C)(CF)OF.CCC(F)(F)F.CCF.CCF.CCF.COF.COF.COF.COF.FCC(F)(F)F.FCF.FCF.FCF.FCF. The van der Waals surface area contributed by atoms with Crippen LogP contribution < -0.4 is 0 Å². The highest BCUT2D eigenvalue weighted by molar-refractivity contribution is 4.63. The monoisotopic (exact) mass is 1120 g/mol. The van der Waals surface area contributed by atoms with Gasteiger partial charge in [-0.1, -0.05) is 73.8 Å². The van der Waals surface area contributed by atoms with Gasteiger partial charge >= 0.3 is 12.4 Å². The molecule has 0 saturated heterocycles. The molecule has 0 aliphatic heterocycles. The van der Waals surface area contributed by atoms with Crippen molar-refractivity contribution in [1.29, 1.82) is 0 Å². The van der Waals surface area contributed by atoms with Gasteiger partial charge in [-0.3, -0.25) is 13.2 Å². The first kappa shape index (κ1) is 158. The normalized spacial score (nSPS) is 7.50. The number of hydrogen-bond donors (Lipinski definition) is 0. The van der Waals surface area contributed by atoms with Crippen molar-refractivity contribution in [2.75, 3.05) is 96.2 Å². The molecule has 0 aliphatic rings. The van der Waals surface area contributed by atoms with E-state index in [0.717, 1.165) is 35.4 Å². The summed E-state index contributed by atoms with van der Waals surface area (Å²) < 4.78 is 266. The fourth-order valence-electron chi connectivity index (χ4n) is 0.0412. The van der Waals surface area contributed by atoms with E-state index in [1.54, 1.807) is 0 Å². The molecule has 0 atom stereocenters. The van der Waals surface area contributed by atoms with Gasteiger partial charge < -0.3 is 0 Å². The van der Waals surface area contributed by atoms with Crippen LogP contribution >= 0.6 is 0 Å². The van der Waals surface area contributed by atoms with Gasteiger partial charge in [-0.15, -0.1) is 0 Å². The molecule has 6 nitrogen and oxygen atoms in total. The first-order valence-electron chi connectivity index (χ1n) is 14.1. The number of alkyl halides is 20. The number of halogens is 26. The average molecular weight is 1120 g/mol. The fraction of sp³-hybridized carbons (Fsp3) is 1.00. The summed E-state index contributed by atoms with van der Waals surface area (Å²) in [5.74, 6) is 0. The third kappa shape index (κ3) is 997. The van der Waals surface area contributed by atoms with Crippen LogP contribution in [-0.2, 0) is 29.6 Å². The second kappa shape index (κ2) is 175. The van der Waals surface area contributed by atoms with Crippen molar-refractivity contribution in [2.24, 2.45) is 0 Å². The highest BCUT2D eigenvalue weighted by Gasteiger charge is 2.26. The summed E-state index contributed by atoms with van der Waals surface area (Å²) in [5.41, 5.74) is -2.50.